The summed E-state index contributed by atoms with van der Waals surface area (Å²) in [5.74, 6) is -1.50. The Morgan fingerprint density at radius 2 is 1.48 bits per heavy atom. The zero-order chi connectivity index (χ0) is 17.3. The molecule has 2 N–H and O–H groups in total. The summed E-state index contributed by atoms with van der Waals surface area (Å²) in [6.45, 7) is 0. The summed E-state index contributed by atoms with van der Waals surface area (Å²) in [5.41, 5.74) is 1.56. The van der Waals surface area contributed by atoms with E-state index in [0.717, 1.165) is 12.1 Å². The largest absolute Gasteiger partial charge is 0.399 e. The van der Waals surface area contributed by atoms with E-state index in [0.29, 0.717) is 5.56 Å². The molecule has 6 nitrogen and oxygen atoms in total. The molecule has 7 heteroatoms. The lowest BCUT2D eigenvalue weighted by Gasteiger charge is -2.09. The summed E-state index contributed by atoms with van der Waals surface area (Å²) >= 11 is 0. The molecule has 108 valence electrons. The summed E-state index contributed by atoms with van der Waals surface area (Å²) in [7, 11) is 0. The predicted molar refractivity (Wildman–Crippen MR) is 73.3 cm³/mol. The second-order valence-electron chi connectivity index (χ2n) is 4.95. The molecular formula is C16H7FN6. The molecule has 23 heavy (non-hydrogen) atoms. The molecule has 0 radical (unpaired) electrons. The minimum absolute atomic E-state index is 0.356. The van der Waals surface area contributed by atoms with Gasteiger partial charge in [-0.05, 0) is 17.7 Å². The maximum Gasteiger partial charge on any atom is 0.177 e. The smallest absolute Gasteiger partial charge is 0.177 e. The first-order chi connectivity index (χ1) is 11.0. The summed E-state index contributed by atoms with van der Waals surface area (Å²) in [4.78, 5) is 0. The molecule has 0 amide bonds. The lowest BCUT2D eigenvalue weighted by Crippen LogP contribution is -2.20. The molecule has 0 aliphatic heterocycles. The number of benzene rings is 1. The lowest BCUT2D eigenvalue weighted by atomic mass is 9.90. The van der Waals surface area contributed by atoms with Gasteiger partial charge >= 0.3 is 0 Å². The molecule has 0 heterocycles. The minimum Gasteiger partial charge on any atom is -0.399 e. The highest BCUT2D eigenvalue weighted by Crippen LogP contribution is 2.76. The van der Waals surface area contributed by atoms with Crippen molar-refractivity contribution in [3.05, 3.63) is 46.9 Å². The van der Waals surface area contributed by atoms with Crippen LogP contribution in [-0.2, 0) is 0 Å². The summed E-state index contributed by atoms with van der Waals surface area (Å²) in [5, 5.41) is 46.4. The number of hydrogen-bond donors (Lipinski definition) is 1. The van der Waals surface area contributed by atoms with E-state index in [4.69, 9.17) is 16.3 Å². The Hall–Kier alpha value is -3.86. The standard InChI is InChI=1S/C16H7FN6/c17-12-3-1-10(2-4-12)13-15(7-20,8-21)16(13,9-22)14(23)11(5-18)6-19/h1-4,13H,23H2/t13-,16-/m0/s1. The molecule has 1 saturated carbocycles. The molecule has 2 atom stereocenters. The second kappa shape index (κ2) is 5.16. The summed E-state index contributed by atoms with van der Waals surface area (Å²) in [6, 6.07) is 13.5. The molecular weight excluding hydrogens is 295 g/mol. The van der Waals surface area contributed by atoms with E-state index in [1.54, 1.807) is 24.3 Å². The van der Waals surface area contributed by atoms with Gasteiger partial charge in [0.2, 0.25) is 0 Å². The van der Waals surface area contributed by atoms with Crippen molar-refractivity contribution in [2.24, 2.45) is 16.6 Å². The van der Waals surface area contributed by atoms with Gasteiger partial charge in [-0.3, -0.25) is 0 Å². The predicted octanol–water partition coefficient (Wildman–Crippen LogP) is 1.73. The van der Waals surface area contributed by atoms with E-state index in [1.165, 1.54) is 12.1 Å². The third-order valence-electron chi connectivity index (χ3n) is 4.05. The van der Waals surface area contributed by atoms with Gasteiger partial charge in [-0.1, -0.05) is 12.1 Å². The average Bonchev–Trinajstić information content (AvgIpc) is 3.20. The van der Waals surface area contributed by atoms with E-state index in [9.17, 15) is 20.2 Å². The highest BCUT2D eigenvalue weighted by atomic mass is 19.1. The van der Waals surface area contributed by atoms with Crippen LogP contribution in [0.3, 0.4) is 0 Å². The second-order valence-corrected chi connectivity index (χ2v) is 4.95. The molecule has 1 aromatic rings. The van der Waals surface area contributed by atoms with Crippen LogP contribution in [0.1, 0.15) is 11.5 Å². The van der Waals surface area contributed by atoms with Gasteiger partial charge < -0.3 is 5.73 Å². The Kier molecular flexibility index (Phi) is 3.48. The fourth-order valence-corrected chi connectivity index (χ4v) is 2.88. The molecule has 0 unspecified atom stereocenters. The number of allylic oxidation sites excluding steroid dienone is 2. The first kappa shape index (κ1) is 15.5. The van der Waals surface area contributed by atoms with Gasteiger partial charge in [-0.25, -0.2) is 4.39 Å². The van der Waals surface area contributed by atoms with Crippen molar-refractivity contribution < 1.29 is 4.39 Å². The number of nitriles is 5. The Morgan fingerprint density at radius 1 is 0.957 bits per heavy atom. The van der Waals surface area contributed by atoms with E-state index in [2.05, 4.69) is 0 Å². The highest BCUT2D eigenvalue weighted by molar-refractivity contribution is 5.63. The fourth-order valence-electron chi connectivity index (χ4n) is 2.88. The average molecular weight is 302 g/mol. The molecule has 1 aliphatic rings. The molecule has 1 aromatic carbocycles. The van der Waals surface area contributed by atoms with Crippen LogP contribution in [0.5, 0.6) is 0 Å². The monoisotopic (exact) mass is 302 g/mol. The van der Waals surface area contributed by atoms with Gasteiger partial charge in [-0.15, -0.1) is 0 Å². The maximum atomic E-state index is 13.1. The maximum absolute atomic E-state index is 13.1. The third kappa shape index (κ3) is 1.74. The van der Waals surface area contributed by atoms with Crippen molar-refractivity contribution in [2.75, 3.05) is 0 Å². The van der Waals surface area contributed by atoms with Crippen LogP contribution in [0, 0.1) is 73.3 Å². The number of nitrogens with zero attached hydrogens (tertiary/aromatic N) is 5. The zero-order valence-corrected chi connectivity index (χ0v) is 11.6. The van der Waals surface area contributed by atoms with Crippen LogP contribution in [0.25, 0.3) is 0 Å². The van der Waals surface area contributed by atoms with Crippen LogP contribution in [-0.4, -0.2) is 0 Å². The fraction of sp³-hybridized carbons (Fsp3) is 0.188. The van der Waals surface area contributed by atoms with Crippen molar-refractivity contribution in [3.63, 3.8) is 0 Å². The Bertz CT molecular complexity index is 880. The van der Waals surface area contributed by atoms with Gasteiger partial charge in [0.1, 0.15) is 28.9 Å². The number of rotatable bonds is 2. The van der Waals surface area contributed by atoms with Gasteiger partial charge in [0.05, 0.1) is 23.9 Å². The molecule has 0 spiro atoms. The van der Waals surface area contributed by atoms with E-state index in [-0.39, 0.29) is 0 Å². The van der Waals surface area contributed by atoms with E-state index < -0.39 is 33.8 Å². The van der Waals surface area contributed by atoms with E-state index in [1.807, 2.05) is 6.07 Å². The van der Waals surface area contributed by atoms with Gasteiger partial charge in [0.25, 0.3) is 0 Å². The topological polar surface area (TPSA) is 145 Å². The van der Waals surface area contributed by atoms with Crippen LogP contribution in [0.2, 0.25) is 0 Å². The number of halogens is 1. The van der Waals surface area contributed by atoms with Gasteiger partial charge in [-0.2, -0.15) is 26.3 Å². The normalized spacial score (nSPS) is 23.0. The van der Waals surface area contributed by atoms with Crippen molar-refractivity contribution in [3.8, 4) is 30.3 Å². The molecule has 1 fully saturated rings. The van der Waals surface area contributed by atoms with Crippen molar-refractivity contribution >= 4 is 0 Å². The van der Waals surface area contributed by atoms with Crippen LogP contribution in [0.15, 0.2) is 35.5 Å². The summed E-state index contributed by atoms with van der Waals surface area (Å²) in [6.07, 6.45) is 0. The molecule has 1 aliphatic carbocycles. The molecule has 0 saturated heterocycles. The molecule has 2 rings (SSSR count). The van der Waals surface area contributed by atoms with Crippen LogP contribution in [0.4, 0.5) is 4.39 Å². The Labute approximate surface area is 131 Å². The van der Waals surface area contributed by atoms with E-state index >= 15 is 0 Å². The van der Waals surface area contributed by atoms with Crippen molar-refractivity contribution in [2.45, 2.75) is 5.92 Å². The Morgan fingerprint density at radius 3 is 1.87 bits per heavy atom. The number of nitrogens with two attached hydrogens (primary N) is 1. The van der Waals surface area contributed by atoms with Crippen molar-refractivity contribution in [1.82, 2.24) is 0 Å². The zero-order valence-electron chi connectivity index (χ0n) is 11.6. The van der Waals surface area contributed by atoms with Gasteiger partial charge in [0, 0.05) is 5.92 Å². The van der Waals surface area contributed by atoms with Crippen LogP contribution < -0.4 is 5.73 Å². The SMILES string of the molecule is N#CC(C#N)=C(N)[C@]1(C#N)[C@@H](c2ccc(F)cc2)C1(C#N)C#N. The lowest BCUT2D eigenvalue weighted by molar-refractivity contribution is 0.626. The molecule has 0 aromatic heterocycles. The first-order valence-electron chi connectivity index (χ1n) is 6.28. The first-order valence-corrected chi connectivity index (χ1v) is 6.28. The number of hydrogen-bond acceptors (Lipinski definition) is 6. The van der Waals surface area contributed by atoms with Crippen LogP contribution >= 0.6 is 0 Å². The minimum atomic E-state index is -1.84. The summed E-state index contributed by atoms with van der Waals surface area (Å²) < 4.78 is 13.1. The third-order valence-corrected chi connectivity index (χ3v) is 4.05. The molecule has 0 bridgehead atoms. The quantitative estimate of drug-likeness (QED) is 0.823. The van der Waals surface area contributed by atoms with Crippen molar-refractivity contribution in [1.29, 1.82) is 26.3 Å². The van der Waals surface area contributed by atoms with Gasteiger partial charge in [0.15, 0.2) is 5.41 Å². The Balaban J connectivity index is 2.77. The highest BCUT2D eigenvalue weighted by Gasteiger charge is 2.82.